The minimum absolute atomic E-state index is 0.0448. The van der Waals surface area contributed by atoms with Crippen molar-refractivity contribution in [2.24, 2.45) is 5.73 Å². The first-order valence-electron chi connectivity index (χ1n) is 6.57. The van der Waals surface area contributed by atoms with Gasteiger partial charge in [-0.1, -0.05) is 24.6 Å². The van der Waals surface area contributed by atoms with Crippen molar-refractivity contribution in [1.29, 1.82) is 0 Å². The van der Waals surface area contributed by atoms with Crippen LogP contribution >= 0.6 is 0 Å². The maximum atomic E-state index is 12.1. The average Bonchev–Trinajstić information content (AvgIpc) is 2.41. The molecule has 1 atom stereocenters. The Kier molecular flexibility index (Phi) is 4.52. The highest BCUT2D eigenvalue weighted by Crippen LogP contribution is 2.17. The van der Waals surface area contributed by atoms with Crippen molar-refractivity contribution < 1.29 is 9.59 Å². The number of amides is 2. The highest BCUT2D eigenvalue weighted by molar-refractivity contribution is 5.96. The van der Waals surface area contributed by atoms with Crippen LogP contribution in [-0.4, -0.2) is 24.4 Å². The Morgan fingerprint density at radius 3 is 2.79 bits per heavy atom. The molecule has 0 radical (unpaired) electrons. The van der Waals surface area contributed by atoms with Crippen molar-refractivity contribution in [2.75, 3.05) is 11.9 Å². The van der Waals surface area contributed by atoms with E-state index in [9.17, 15) is 9.59 Å². The number of anilines is 1. The molecular weight excluding hydrogens is 242 g/mol. The zero-order chi connectivity index (χ0) is 13.7. The van der Waals surface area contributed by atoms with Crippen LogP contribution in [0.3, 0.4) is 0 Å². The largest absolute Gasteiger partial charge is 0.369 e. The normalized spacial score (nSPS) is 18.8. The van der Waals surface area contributed by atoms with Gasteiger partial charge in [-0.3, -0.25) is 9.59 Å². The predicted octanol–water partition coefficient (Wildman–Crippen LogP) is 0.795. The fourth-order valence-corrected chi connectivity index (χ4v) is 2.28. The first kappa shape index (κ1) is 13.5. The van der Waals surface area contributed by atoms with Crippen LogP contribution in [0.4, 0.5) is 5.69 Å². The van der Waals surface area contributed by atoms with Gasteiger partial charge in [0.15, 0.2) is 0 Å². The number of carbonyl (C=O) groups is 2. The number of hydrogen-bond donors (Lipinski definition) is 3. The van der Waals surface area contributed by atoms with Crippen molar-refractivity contribution in [3.63, 3.8) is 0 Å². The molecular formula is C14H19N3O2. The maximum Gasteiger partial charge on any atom is 0.241 e. The van der Waals surface area contributed by atoms with Gasteiger partial charge in [0, 0.05) is 5.69 Å². The molecule has 1 aromatic carbocycles. The van der Waals surface area contributed by atoms with Crippen molar-refractivity contribution in [3.8, 4) is 0 Å². The van der Waals surface area contributed by atoms with Crippen LogP contribution in [0.1, 0.15) is 24.8 Å². The van der Waals surface area contributed by atoms with Gasteiger partial charge in [-0.05, 0) is 31.0 Å². The average molecular weight is 261 g/mol. The van der Waals surface area contributed by atoms with Gasteiger partial charge in [-0.25, -0.2) is 0 Å². The molecule has 19 heavy (non-hydrogen) atoms. The third-order valence-corrected chi connectivity index (χ3v) is 3.27. The molecule has 0 aliphatic carbocycles. The zero-order valence-corrected chi connectivity index (χ0v) is 10.8. The van der Waals surface area contributed by atoms with E-state index in [1.165, 1.54) is 0 Å². The summed E-state index contributed by atoms with van der Waals surface area (Å²) in [5.41, 5.74) is 6.62. The highest BCUT2D eigenvalue weighted by Gasteiger charge is 2.21. The lowest BCUT2D eigenvalue weighted by atomic mass is 10.0. The van der Waals surface area contributed by atoms with Crippen LogP contribution in [0.2, 0.25) is 0 Å². The van der Waals surface area contributed by atoms with Crippen LogP contribution < -0.4 is 16.4 Å². The molecule has 102 valence electrons. The third kappa shape index (κ3) is 3.79. The van der Waals surface area contributed by atoms with Gasteiger partial charge in [-0.2, -0.15) is 0 Å². The van der Waals surface area contributed by atoms with Gasteiger partial charge in [0.2, 0.25) is 11.8 Å². The van der Waals surface area contributed by atoms with Crippen molar-refractivity contribution in [2.45, 2.75) is 31.7 Å². The van der Waals surface area contributed by atoms with Crippen LogP contribution in [0.25, 0.3) is 0 Å². The monoisotopic (exact) mass is 261 g/mol. The number of nitrogens with one attached hydrogen (secondary N) is 2. The molecule has 1 aromatic rings. The van der Waals surface area contributed by atoms with E-state index in [0.29, 0.717) is 5.69 Å². The molecule has 2 amide bonds. The molecule has 1 aliphatic heterocycles. The lowest BCUT2D eigenvalue weighted by Gasteiger charge is -2.23. The number of hydrogen-bond acceptors (Lipinski definition) is 3. The van der Waals surface area contributed by atoms with Crippen molar-refractivity contribution >= 4 is 17.5 Å². The predicted molar refractivity (Wildman–Crippen MR) is 73.6 cm³/mol. The smallest absolute Gasteiger partial charge is 0.241 e. The van der Waals surface area contributed by atoms with E-state index in [-0.39, 0.29) is 18.4 Å². The number of para-hydroxylation sites is 1. The molecule has 0 bridgehead atoms. The third-order valence-electron chi connectivity index (χ3n) is 3.27. The summed E-state index contributed by atoms with van der Waals surface area (Å²) in [5, 5.41) is 6.07. The minimum Gasteiger partial charge on any atom is -0.369 e. The topological polar surface area (TPSA) is 84.2 Å². The molecule has 4 N–H and O–H groups in total. The van der Waals surface area contributed by atoms with E-state index in [1.54, 1.807) is 12.1 Å². The number of carbonyl (C=O) groups excluding carboxylic acids is 2. The summed E-state index contributed by atoms with van der Waals surface area (Å²) in [4.78, 5) is 23.1. The molecule has 1 fully saturated rings. The highest BCUT2D eigenvalue weighted by atomic mass is 16.2. The number of benzene rings is 1. The number of rotatable bonds is 4. The Morgan fingerprint density at radius 1 is 1.32 bits per heavy atom. The zero-order valence-electron chi connectivity index (χ0n) is 10.8. The van der Waals surface area contributed by atoms with Gasteiger partial charge >= 0.3 is 0 Å². The summed E-state index contributed by atoms with van der Waals surface area (Å²) in [6.45, 7) is 0.876. The first-order valence-corrected chi connectivity index (χ1v) is 6.57. The molecule has 1 heterocycles. The fourth-order valence-electron chi connectivity index (χ4n) is 2.28. The molecule has 1 aliphatic rings. The Morgan fingerprint density at radius 2 is 2.11 bits per heavy atom. The molecule has 0 saturated carbocycles. The number of piperidine rings is 1. The second kappa shape index (κ2) is 6.33. The van der Waals surface area contributed by atoms with Gasteiger partial charge in [-0.15, -0.1) is 0 Å². The Labute approximate surface area is 112 Å². The molecule has 0 unspecified atom stereocenters. The Hall–Kier alpha value is -1.88. The summed E-state index contributed by atoms with van der Waals surface area (Å²) in [6, 6.07) is 7.10. The summed E-state index contributed by atoms with van der Waals surface area (Å²) < 4.78 is 0. The minimum atomic E-state index is -0.405. The molecule has 5 nitrogen and oxygen atoms in total. The van der Waals surface area contributed by atoms with Gasteiger partial charge in [0.25, 0.3) is 0 Å². The molecule has 5 heteroatoms. The standard InChI is InChI=1S/C14H19N3O2/c15-13(18)9-10-5-1-2-6-11(10)17-14(19)12-7-3-4-8-16-12/h1-2,5-6,12,16H,3-4,7-9H2,(H2,15,18)(H,17,19)/t12-/m1/s1. The van der Waals surface area contributed by atoms with E-state index in [0.717, 1.165) is 31.4 Å². The summed E-state index contributed by atoms with van der Waals surface area (Å²) >= 11 is 0. The van der Waals surface area contributed by atoms with E-state index < -0.39 is 5.91 Å². The molecule has 0 spiro atoms. The first-order chi connectivity index (χ1) is 9.16. The van der Waals surface area contributed by atoms with Crippen molar-refractivity contribution in [1.82, 2.24) is 5.32 Å². The van der Waals surface area contributed by atoms with Crippen molar-refractivity contribution in [3.05, 3.63) is 29.8 Å². The van der Waals surface area contributed by atoms with Crippen LogP contribution in [0.5, 0.6) is 0 Å². The van der Waals surface area contributed by atoms with Crippen LogP contribution in [-0.2, 0) is 16.0 Å². The summed E-state index contributed by atoms with van der Waals surface area (Å²) in [6.07, 6.45) is 3.16. The van der Waals surface area contributed by atoms with E-state index >= 15 is 0 Å². The maximum absolute atomic E-state index is 12.1. The van der Waals surface area contributed by atoms with E-state index in [1.807, 2.05) is 12.1 Å². The quantitative estimate of drug-likeness (QED) is 0.749. The lowest BCUT2D eigenvalue weighted by Crippen LogP contribution is -2.43. The molecule has 2 rings (SSSR count). The Balaban J connectivity index is 2.05. The number of nitrogens with two attached hydrogens (primary N) is 1. The summed E-state index contributed by atoms with van der Waals surface area (Å²) in [7, 11) is 0. The van der Waals surface area contributed by atoms with Gasteiger partial charge < -0.3 is 16.4 Å². The van der Waals surface area contributed by atoms with Crippen LogP contribution in [0, 0.1) is 0 Å². The second-order valence-electron chi connectivity index (χ2n) is 4.79. The summed E-state index contributed by atoms with van der Waals surface area (Å²) in [5.74, 6) is -0.450. The molecule has 0 aromatic heterocycles. The molecule has 1 saturated heterocycles. The lowest BCUT2D eigenvalue weighted by molar-refractivity contribution is -0.119. The fraction of sp³-hybridized carbons (Fsp3) is 0.429. The van der Waals surface area contributed by atoms with Crippen LogP contribution in [0.15, 0.2) is 24.3 Å². The van der Waals surface area contributed by atoms with E-state index in [4.69, 9.17) is 5.73 Å². The number of primary amides is 1. The van der Waals surface area contributed by atoms with Gasteiger partial charge in [0.05, 0.1) is 12.5 Å². The SMILES string of the molecule is NC(=O)Cc1ccccc1NC(=O)[C@H]1CCCCN1. The second-order valence-corrected chi connectivity index (χ2v) is 4.79. The Bertz CT molecular complexity index is 468. The van der Waals surface area contributed by atoms with E-state index in [2.05, 4.69) is 10.6 Å². The van der Waals surface area contributed by atoms with Gasteiger partial charge in [0.1, 0.15) is 0 Å².